The average Bonchev–Trinajstić information content (AvgIpc) is 2.38. The predicted molar refractivity (Wildman–Crippen MR) is 55.7 cm³/mol. The van der Waals surface area contributed by atoms with Crippen LogP contribution >= 0.6 is 0 Å². The summed E-state index contributed by atoms with van der Waals surface area (Å²) >= 11 is 0. The first-order valence-electron chi connectivity index (χ1n) is 4.31. The van der Waals surface area contributed by atoms with Crippen molar-refractivity contribution in [3.63, 3.8) is 0 Å². The minimum absolute atomic E-state index is 0.692. The fraction of sp³-hybridized carbons (Fsp3) is 0.500. The maximum atomic E-state index is 5.07. The molecule has 0 spiro atoms. The van der Waals surface area contributed by atoms with Crippen LogP contribution in [0.25, 0.3) is 0 Å². The fourth-order valence-corrected chi connectivity index (χ4v) is 3.27. The van der Waals surface area contributed by atoms with E-state index in [0.717, 1.165) is 0 Å². The standard InChI is InChI=1S/C10H16OSi/c1-5-10(12(2,3)4)9-6-7-11-8-9/h5-6H,7H2,1-4H3/b10-5-. The van der Waals surface area contributed by atoms with Crippen molar-refractivity contribution in [3.8, 4) is 0 Å². The van der Waals surface area contributed by atoms with Crippen LogP contribution in [0.1, 0.15) is 6.92 Å². The van der Waals surface area contributed by atoms with Crippen LogP contribution in [0.15, 0.2) is 22.9 Å². The first-order chi connectivity index (χ1) is 5.55. The highest BCUT2D eigenvalue weighted by molar-refractivity contribution is 6.84. The van der Waals surface area contributed by atoms with Gasteiger partial charge in [-0.1, -0.05) is 38.2 Å². The molecule has 0 N–H and O–H groups in total. The van der Waals surface area contributed by atoms with Crippen molar-refractivity contribution >= 4 is 14.4 Å². The zero-order valence-corrected chi connectivity index (χ0v) is 9.27. The lowest BCUT2D eigenvalue weighted by atomic mass is 10.2. The largest absolute Gasteiger partial charge is 0.324 e. The Kier molecular flexibility index (Phi) is 2.68. The third-order valence-electron chi connectivity index (χ3n) is 1.94. The van der Waals surface area contributed by atoms with E-state index in [1.807, 2.05) is 0 Å². The summed E-state index contributed by atoms with van der Waals surface area (Å²) in [5.41, 5.74) is 1.18. The second-order valence-corrected chi connectivity index (χ2v) is 9.02. The van der Waals surface area contributed by atoms with Gasteiger partial charge in [-0.25, -0.2) is 0 Å². The molecule has 0 fully saturated rings. The summed E-state index contributed by atoms with van der Waals surface area (Å²) < 4.78 is 5.07. The Morgan fingerprint density at radius 3 is 2.58 bits per heavy atom. The van der Waals surface area contributed by atoms with Gasteiger partial charge in [0.25, 0.3) is 6.29 Å². The molecule has 12 heavy (non-hydrogen) atoms. The molecular formula is C10H16OSi. The van der Waals surface area contributed by atoms with E-state index in [2.05, 4.69) is 45.0 Å². The Hall–Kier alpha value is -0.633. The van der Waals surface area contributed by atoms with Gasteiger partial charge in [0.2, 0.25) is 6.61 Å². The van der Waals surface area contributed by atoms with Crippen LogP contribution in [0.5, 0.6) is 0 Å². The van der Waals surface area contributed by atoms with Crippen molar-refractivity contribution in [2.75, 3.05) is 6.61 Å². The van der Waals surface area contributed by atoms with E-state index in [0.29, 0.717) is 6.61 Å². The van der Waals surface area contributed by atoms with Crippen LogP contribution in [-0.2, 0) is 4.42 Å². The van der Waals surface area contributed by atoms with E-state index in [1.165, 1.54) is 10.8 Å². The second-order valence-electron chi connectivity index (χ2n) is 3.98. The third kappa shape index (κ3) is 1.94. The summed E-state index contributed by atoms with van der Waals surface area (Å²) in [6.07, 6.45) is 7.24. The van der Waals surface area contributed by atoms with Crippen molar-refractivity contribution in [1.29, 1.82) is 0 Å². The zero-order valence-electron chi connectivity index (χ0n) is 8.27. The molecule has 1 aliphatic rings. The molecule has 0 radical (unpaired) electrons. The molecule has 0 aromatic carbocycles. The van der Waals surface area contributed by atoms with Gasteiger partial charge in [-0.2, -0.15) is 0 Å². The van der Waals surface area contributed by atoms with Crippen LogP contribution in [0.3, 0.4) is 0 Å². The molecule has 0 saturated carbocycles. The zero-order chi connectivity index (χ0) is 9.19. The summed E-state index contributed by atoms with van der Waals surface area (Å²) in [6.45, 7) is 9.79. The molecular weight excluding hydrogens is 164 g/mol. The molecule has 1 rings (SSSR count). The van der Waals surface area contributed by atoms with E-state index in [1.54, 1.807) is 0 Å². The molecule has 1 nitrogen and oxygen atoms in total. The summed E-state index contributed by atoms with van der Waals surface area (Å²) in [4.78, 5) is 0. The molecule has 0 aliphatic carbocycles. The van der Waals surface area contributed by atoms with E-state index in [-0.39, 0.29) is 0 Å². The Morgan fingerprint density at radius 2 is 2.25 bits per heavy atom. The first kappa shape index (κ1) is 9.45. The van der Waals surface area contributed by atoms with E-state index < -0.39 is 8.07 Å². The van der Waals surface area contributed by atoms with Crippen LogP contribution < -0.4 is 0 Å². The summed E-state index contributed by atoms with van der Waals surface area (Å²) in [5.74, 6) is 0. The molecule has 2 heteroatoms. The highest BCUT2D eigenvalue weighted by Crippen LogP contribution is 2.22. The number of carbonyl (C=O) groups excluding carboxylic acids is 1. The van der Waals surface area contributed by atoms with Gasteiger partial charge < -0.3 is 4.42 Å². The second kappa shape index (κ2) is 3.40. The van der Waals surface area contributed by atoms with Gasteiger partial charge in [-0.15, -0.1) is 11.3 Å². The molecule has 0 unspecified atom stereocenters. The summed E-state index contributed by atoms with van der Waals surface area (Å²) in [7, 11) is -1.20. The van der Waals surface area contributed by atoms with Crippen LogP contribution in [-0.4, -0.2) is 21.0 Å². The predicted octanol–water partition coefficient (Wildman–Crippen LogP) is 2.40. The average molecular weight is 180 g/mol. The third-order valence-corrected chi connectivity index (χ3v) is 4.11. The lowest BCUT2D eigenvalue weighted by Gasteiger charge is -2.25. The lowest BCUT2D eigenvalue weighted by molar-refractivity contribution is 0.149. The smallest absolute Gasteiger partial charge is 0.289 e. The van der Waals surface area contributed by atoms with E-state index in [9.17, 15) is 0 Å². The molecule has 0 aromatic rings. The van der Waals surface area contributed by atoms with Gasteiger partial charge in [-0.3, -0.25) is 0 Å². The lowest BCUT2D eigenvalue weighted by Crippen LogP contribution is -2.25. The first-order valence-corrected chi connectivity index (χ1v) is 7.81. The Morgan fingerprint density at radius 1 is 1.58 bits per heavy atom. The quantitative estimate of drug-likeness (QED) is 0.351. The number of allylic oxidation sites excluding steroid dienone is 3. The normalized spacial score (nSPS) is 18.3. The molecule has 0 saturated heterocycles. The van der Waals surface area contributed by atoms with Crippen LogP contribution in [0.2, 0.25) is 19.6 Å². The molecule has 0 bridgehead atoms. The van der Waals surface area contributed by atoms with Gasteiger partial charge in [0.05, 0.1) is 0 Å². The van der Waals surface area contributed by atoms with Crippen molar-refractivity contribution < 1.29 is 4.42 Å². The summed E-state index contributed by atoms with van der Waals surface area (Å²) in [5, 5.41) is 1.44. The maximum absolute atomic E-state index is 5.07. The minimum atomic E-state index is -1.20. The monoisotopic (exact) mass is 180 g/mol. The number of rotatable bonds is 2. The van der Waals surface area contributed by atoms with Gasteiger partial charge >= 0.3 is 0 Å². The van der Waals surface area contributed by atoms with E-state index >= 15 is 0 Å². The Bertz CT molecular complexity index is 254. The van der Waals surface area contributed by atoms with Gasteiger partial charge in [0, 0.05) is 8.07 Å². The number of hydrogen-bond acceptors (Lipinski definition) is 0. The summed E-state index contributed by atoms with van der Waals surface area (Å²) in [6, 6.07) is 0. The molecule has 66 valence electrons. The van der Waals surface area contributed by atoms with Gasteiger partial charge in [0.1, 0.15) is 0 Å². The number of hydrogen-bond donors (Lipinski definition) is 0. The topological polar surface area (TPSA) is 11.3 Å². The highest BCUT2D eigenvalue weighted by atomic mass is 28.3. The van der Waals surface area contributed by atoms with Gasteiger partial charge in [0.15, 0.2) is 0 Å². The molecule has 0 amide bonds. The molecule has 0 aromatic heterocycles. The molecule has 1 heterocycles. The van der Waals surface area contributed by atoms with Crippen molar-refractivity contribution in [1.82, 2.24) is 0 Å². The Balaban J connectivity index is 2.91. The molecule has 1 aliphatic heterocycles. The van der Waals surface area contributed by atoms with Crippen molar-refractivity contribution in [2.24, 2.45) is 0 Å². The Labute approximate surface area is 75.5 Å². The highest BCUT2D eigenvalue weighted by Gasteiger charge is 2.18. The van der Waals surface area contributed by atoms with Crippen molar-refractivity contribution in [2.45, 2.75) is 26.6 Å². The van der Waals surface area contributed by atoms with Crippen LogP contribution in [0, 0.1) is 0 Å². The SMILES string of the molecule is C/C=C(/C1=CC[O+]=[C-]1)[Si](C)(C)C. The minimum Gasteiger partial charge on any atom is -0.324 e. The fourth-order valence-electron chi connectivity index (χ4n) is 1.44. The van der Waals surface area contributed by atoms with Gasteiger partial charge in [-0.05, 0) is 0 Å². The maximum Gasteiger partial charge on any atom is 0.289 e. The van der Waals surface area contributed by atoms with Crippen LogP contribution in [0.4, 0.5) is 0 Å². The van der Waals surface area contributed by atoms with E-state index in [4.69, 9.17) is 4.42 Å². The van der Waals surface area contributed by atoms with Crippen molar-refractivity contribution in [3.05, 3.63) is 22.9 Å². The molecule has 0 atom stereocenters.